The van der Waals surface area contributed by atoms with Crippen LogP contribution in [0.25, 0.3) is 0 Å². The Morgan fingerprint density at radius 1 is 1.00 bits per heavy atom. The molecule has 0 saturated heterocycles. The minimum atomic E-state index is -0.248. The smallest absolute Gasteiger partial charge is 0.139 e. The van der Waals surface area contributed by atoms with Gasteiger partial charge in [-0.2, -0.15) is 0 Å². The first-order valence-corrected chi connectivity index (χ1v) is 13.6. The van der Waals surface area contributed by atoms with E-state index in [-0.39, 0.29) is 22.3 Å². The molecule has 1 N–H and O–H groups in total. The predicted molar refractivity (Wildman–Crippen MR) is 126 cm³/mol. The van der Waals surface area contributed by atoms with Gasteiger partial charge in [-0.25, -0.2) is 0 Å². The van der Waals surface area contributed by atoms with Crippen molar-refractivity contribution in [2.75, 3.05) is 0 Å². The second-order valence-electron chi connectivity index (χ2n) is 14.2. The van der Waals surface area contributed by atoms with E-state index in [2.05, 4.69) is 48.5 Å². The first-order valence-electron chi connectivity index (χ1n) is 13.6. The maximum Gasteiger partial charge on any atom is 0.139 e. The highest BCUT2D eigenvalue weighted by Crippen LogP contribution is 2.89. The summed E-state index contributed by atoms with van der Waals surface area (Å²) in [6.07, 6.45) is 10.9. The van der Waals surface area contributed by atoms with Crippen LogP contribution in [0.1, 0.15) is 106 Å². The molecule has 2 nitrogen and oxygen atoms in total. The van der Waals surface area contributed by atoms with Gasteiger partial charge in [0.25, 0.3) is 0 Å². The van der Waals surface area contributed by atoms with E-state index >= 15 is 0 Å². The quantitative estimate of drug-likeness (QED) is 0.517. The molecule has 0 bridgehead atoms. The van der Waals surface area contributed by atoms with E-state index in [1.165, 1.54) is 44.9 Å². The zero-order valence-electron chi connectivity index (χ0n) is 21.3. The molecule has 0 aromatic heterocycles. The van der Waals surface area contributed by atoms with Crippen LogP contribution in [-0.4, -0.2) is 17.0 Å². The largest absolute Gasteiger partial charge is 0.393 e. The Morgan fingerprint density at radius 2 is 1.71 bits per heavy atom. The van der Waals surface area contributed by atoms with Gasteiger partial charge in [-0.15, -0.1) is 0 Å². The highest BCUT2D eigenvalue weighted by atomic mass is 16.3. The van der Waals surface area contributed by atoms with Gasteiger partial charge >= 0.3 is 0 Å². The van der Waals surface area contributed by atoms with Crippen LogP contribution in [0.3, 0.4) is 0 Å². The molecule has 0 aromatic carbocycles. The van der Waals surface area contributed by atoms with Gasteiger partial charge in [-0.1, -0.05) is 67.7 Å². The van der Waals surface area contributed by atoms with Crippen molar-refractivity contribution in [1.29, 1.82) is 0 Å². The van der Waals surface area contributed by atoms with Crippen molar-refractivity contribution in [2.45, 2.75) is 112 Å². The van der Waals surface area contributed by atoms with Crippen LogP contribution >= 0.6 is 0 Å². The zero-order chi connectivity index (χ0) is 22.6. The van der Waals surface area contributed by atoms with Gasteiger partial charge < -0.3 is 5.11 Å². The molecule has 5 aliphatic carbocycles. The summed E-state index contributed by atoms with van der Waals surface area (Å²) in [5.41, 5.74) is 0.530. The summed E-state index contributed by atoms with van der Waals surface area (Å²) in [7, 11) is 0. The van der Waals surface area contributed by atoms with E-state index in [1.54, 1.807) is 0 Å². The number of hydrogen-bond acceptors (Lipinski definition) is 2. The molecule has 10 atom stereocenters. The van der Waals surface area contributed by atoms with Crippen molar-refractivity contribution in [1.82, 2.24) is 0 Å². The van der Waals surface area contributed by atoms with Gasteiger partial charge in [0.1, 0.15) is 5.78 Å². The van der Waals surface area contributed by atoms with Gasteiger partial charge in [0.15, 0.2) is 0 Å². The van der Waals surface area contributed by atoms with Crippen LogP contribution in [0, 0.1) is 63.1 Å². The number of fused-ring (bicyclic) bond motifs is 5. The molecule has 5 rings (SSSR count). The Balaban J connectivity index is 1.38. The molecule has 5 aliphatic rings. The molecule has 176 valence electrons. The fraction of sp³-hybridized carbons (Fsp3) is 0.966. The van der Waals surface area contributed by atoms with Gasteiger partial charge in [-0.3, -0.25) is 4.79 Å². The molecule has 0 unspecified atom stereocenters. The lowest BCUT2D eigenvalue weighted by molar-refractivity contribution is -0.149. The summed E-state index contributed by atoms with van der Waals surface area (Å²) >= 11 is 0. The third kappa shape index (κ3) is 2.58. The number of ketones is 1. The van der Waals surface area contributed by atoms with Crippen LogP contribution in [-0.2, 0) is 4.79 Å². The van der Waals surface area contributed by atoms with Crippen LogP contribution in [0.15, 0.2) is 0 Å². The maximum atomic E-state index is 12.8. The van der Waals surface area contributed by atoms with Crippen molar-refractivity contribution < 1.29 is 9.90 Å². The first kappa shape index (κ1) is 22.4. The van der Waals surface area contributed by atoms with E-state index in [1.807, 2.05) is 0 Å². The summed E-state index contributed by atoms with van der Waals surface area (Å²) in [6.45, 7) is 16.7. The van der Waals surface area contributed by atoms with Crippen molar-refractivity contribution in [3.63, 3.8) is 0 Å². The van der Waals surface area contributed by atoms with Gasteiger partial charge in [0.05, 0.1) is 6.10 Å². The lowest BCUT2D eigenvalue weighted by Crippen LogP contribution is -2.55. The summed E-state index contributed by atoms with van der Waals surface area (Å²) in [6, 6.07) is 0. The molecule has 31 heavy (non-hydrogen) atoms. The van der Waals surface area contributed by atoms with E-state index < -0.39 is 0 Å². The summed E-state index contributed by atoms with van der Waals surface area (Å²) in [5.74, 6) is 5.23. The Hall–Kier alpha value is -0.370. The van der Waals surface area contributed by atoms with Crippen molar-refractivity contribution in [3.05, 3.63) is 0 Å². The lowest BCUT2D eigenvalue weighted by Gasteiger charge is -2.57. The number of rotatable bonds is 5. The Bertz CT molecular complexity index is 754. The molecule has 5 fully saturated rings. The van der Waals surface area contributed by atoms with Crippen molar-refractivity contribution in [2.24, 2.45) is 63.1 Å². The molecular weight excluding hydrogens is 380 g/mol. The molecule has 1 spiro atoms. The van der Waals surface area contributed by atoms with Crippen LogP contribution in [0.5, 0.6) is 0 Å². The predicted octanol–water partition coefficient (Wildman–Crippen LogP) is 6.89. The van der Waals surface area contributed by atoms with Crippen molar-refractivity contribution >= 4 is 5.78 Å². The van der Waals surface area contributed by atoms with Crippen LogP contribution < -0.4 is 0 Å². The van der Waals surface area contributed by atoms with Crippen molar-refractivity contribution in [3.8, 4) is 0 Å². The maximum absolute atomic E-state index is 12.8. The van der Waals surface area contributed by atoms with Gasteiger partial charge in [0.2, 0.25) is 0 Å². The second-order valence-corrected chi connectivity index (χ2v) is 14.2. The van der Waals surface area contributed by atoms with Gasteiger partial charge in [-0.05, 0) is 89.8 Å². The summed E-state index contributed by atoms with van der Waals surface area (Å²) in [5, 5.41) is 11.7. The van der Waals surface area contributed by atoms with E-state index in [9.17, 15) is 9.90 Å². The number of aliphatic hydroxyl groups excluding tert-OH is 1. The minimum Gasteiger partial charge on any atom is -0.393 e. The van der Waals surface area contributed by atoms with Crippen LogP contribution in [0.2, 0.25) is 0 Å². The normalized spacial score (nSPS) is 53.0. The Morgan fingerprint density at radius 3 is 2.39 bits per heavy atom. The number of Topliss-reactive ketones (excluding diaryl/α,β-unsaturated/α-hetero) is 1. The van der Waals surface area contributed by atoms with Gasteiger partial charge in [0, 0.05) is 11.8 Å². The highest BCUT2D eigenvalue weighted by Gasteiger charge is 2.88. The molecular formula is C29H48O2. The number of carbonyl (C=O) groups is 1. The third-order valence-electron chi connectivity index (χ3n) is 12.7. The minimum absolute atomic E-state index is 0.0769. The SMILES string of the molecule is CC(C)CCC[C@@H](C)[C@H]1CC[C@H]2[C@@H]3[C@H](O)C[C@@]45[C@@H](CC(=O)C4(C)C)[C@]5(C)[C@H]3CC[C@]12C. The Labute approximate surface area is 191 Å². The molecule has 0 aliphatic heterocycles. The lowest BCUT2D eigenvalue weighted by atomic mass is 9.47. The molecule has 0 amide bonds. The molecule has 2 heteroatoms. The first-order chi connectivity index (χ1) is 14.4. The molecule has 0 radical (unpaired) electrons. The number of hydrogen-bond donors (Lipinski definition) is 1. The number of aliphatic hydroxyl groups is 1. The fourth-order valence-corrected chi connectivity index (χ4v) is 11.1. The monoisotopic (exact) mass is 428 g/mol. The van der Waals surface area contributed by atoms with Crippen LogP contribution in [0.4, 0.5) is 0 Å². The average Bonchev–Trinajstić information content (AvgIpc) is 2.93. The third-order valence-corrected chi connectivity index (χ3v) is 12.7. The van der Waals surface area contributed by atoms with E-state index in [0.29, 0.717) is 34.9 Å². The second kappa shape index (κ2) is 6.83. The molecule has 0 heterocycles. The highest BCUT2D eigenvalue weighted by molar-refractivity contribution is 5.90. The van der Waals surface area contributed by atoms with E-state index in [0.717, 1.165) is 30.6 Å². The van der Waals surface area contributed by atoms with E-state index in [4.69, 9.17) is 0 Å². The standard InChI is InChI=1S/C29H48O2/c1-17(2)9-8-10-18(3)19-11-12-20-25-21(13-14-27(19,20)6)28(7)23-15-24(31)26(4,5)29(23,28)16-22(25)30/h17-23,25,30H,8-16H2,1-7H3/t18-,19-,20+,21+,22-,23+,25+,27-,28+,29-/m1/s1. The Kier molecular flexibility index (Phi) is 4.94. The summed E-state index contributed by atoms with van der Waals surface area (Å²) in [4.78, 5) is 12.8. The fourth-order valence-electron chi connectivity index (χ4n) is 11.1. The molecule has 0 aromatic rings. The number of carbonyl (C=O) groups excluding carboxylic acids is 1. The molecule has 5 saturated carbocycles. The average molecular weight is 429 g/mol. The topological polar surface area (TPSA) is 37.3 Å². The zero-order valence-corrected chi connectivity index (χ0v) is 21.3. The summed E-state index contributed by atoms with van der Waals surface area (Å²) < 4.78 is 0.